The molecule has 0 saturated carbocycles. The Morgan fingerprint density at radius 2 is 1.53 bits per heavy atom. The molecule has 1 aliphatic rings. The van der Waals surface area contributed by atoms with Gasteiger partial charge in [0.1, 0.15) is 0 Å². The van der Waals surface area contributed by atoms with Crippen LogP contribution in [0.4, 0.5) is 5.69 Å². The highest BCUT2D eigenvalue weighted by atomic mass is 16.4. The van der Waals surface area contributed by atoms with E-state index in [1.165, 1.54) is 27.8 Å². The van der Waals surface area contributed by atoms with Gasteiger partial charge in [0, 0.05) is 48.6 Å². The molecule has 38 heavy (non-hydrogen) atoms. The molecule has 0 atom stereocenters. The fourth-order valence-electron chi connectivity index (χ4n) is 5.37. The minimum atomic E-state index is 0.726. The van der Waals surface area contributed by atoms with Crippen molar-refractivity contribution in [2.75, 3.05) is 4.90 Å². The highest BCUT2D eigenvalue weighted by Crippen LogP contribution is 2.33. The Morgan fingerprint density at radius 1 is 0.789 bits per heavy atom. The Morgan fingerprint density at radius 3 is 2.34 bits per heavy atom. The van der Waals surface area contributed by atoms with Crippen LogP contribution >= 0.6 is 0 Å². The van der Waals surface area contributed by atoms with Gasteiger partial charge < -0.3 is 13.9 Å². The van der Waals surface area contributed by atoms with E-state index in [-0.39, 0.29) is 0 Å². The minimum Gasteiger partial charge on any atom is -0.398 e. The first-order valence-corrected chi connectivity index (χ1v) is 13.0. The van der Waals surface area contributed by atoms with Crippen LogP contribution in [-0.2, 0) is 20.1 Å². The van der Waals surface area contributed by atoms with Crippen molar-refractivity contribution in [3.8, 4) is 0 Å². The van der Waals surface area contributed by atoms with Crippen molar-refractivity contribution in [2.45, 2.75) is 13.1 Å². The Labute approximate surface area is 222 Å². The maximum Gasteiger partial charge on any atom is 0.376 e. The summed E-state index contributed by atoms with van der Waals surface area (Å²) in [6, 6.07) is 36.3. The van der Waals surface area contributed by atoms with Crippen molar-refractivity contribution in [1.29, 1.82) is 0 Å². The van der Waals surface area contributed by atoms with E-state index in [2.05, 4.69) is 149 Å². The van der Waals surface area contributed by atoms with Crippen LogP contribution in [-0.4, -0.2) is 4.57 Å². The van der Waals surface area contributed by atoms with Crippen LogP contribution in [0.3, 0.4) is 0 Å². The lowest BCUT2D eigenvalue weighted by Crippen LogP contribution is -2.36. The average Bonchev–Trinajstić information content (AvgIpc) is 3.48. The SMILES string of the molecule is Cn1ccc2cc3c(cc21)oc(C=C1C=Cc2ccccc2N1Cc1ccccc1)[n+]3Cc1ccccc1. The third-order valence-electron chi connectivity index (χ3n) is 7.35. The molecule has 0 saturated heterocycles. The third kappa shape index (κ3) is 4.00. The summed E-state index contributed by atoms with van der Waals surface area (Å²) in [5, 5.41) is 1.21. The molecular formula is C34H28N3O+. The average molecular weight is 495 g/mol. The summed E-state index contributed by atoms with van der Waals surface area (Å²) in [5.41, 5.74) is 9.14. The first kappa shape index (κ1) is 22.4. The topological polar surface area (TPSA) is 25.2 Å². The molecule has 0 fully saturated rings. The molecule has 184 valence electrons. The number of hydrogen-bond donors (Lipinski definition) is 0. The first-order valence-electron chi connectivity index (χ1n) is 13.0. The molecule has 4 aromatic carbocycles. The van der Waals surface area contributed by atoms with Gasteiger partial charge in [-0.2, -0.15) is 4.57 Å². The van der Waals surface area contributed by atoms with E-state index in [1.54, 1.807) is 0 Å². The van der Waals surface area contributed by atoms with E-state index in [0.717, 1.165) is 41.3 Å². The van der Waals surface area contributed by atoms with E-state index in [0.29, 0.717) is 0 Å². The van der Waals surface area contributed by atoms with E-state index in [1.807, 2.05) is 0 Å². The molecule has 4 nitrogen and oxygen atoms in total. The van der Waals surface area contributed by atoms with Crippen LogP contribution in [0.5, 0.6) is 0 Å². The number of aromatic nitrogens is 2. The number of rotatable bonds is 5. The monoisotopic (exact) mass is 494 g/mol. The molecular weight excluding hydrogens is 466 g/mol. The van der Waals surface area contributed by atoms with Gasteiger partial charge in [-0.25, -0.2) is 0 Å². The smallest absolute Gasteiger partial charge is 0.376 e. The maximum absolute atomic E-state index is 6.61. The number of anilines is 1. The van der Waals surface area contributed by atoms with E-state index in [4.69, 9.17) is 4.42 Å². The lowest BCUT2D eigenvalue weighted by molar-refractivity contribution is -0.669. The summed E-state index contributed by atoms with van der Waals surface area (Å²) in [7, 11) is 2.07. The second-order valence-corrected chi connectivity index (χ2v) is 9.85. The number of benzene rings is 4. The molecule has 3 heterocycles. The van der Waals surface area contributed by atoms with Crippen molar-refractivity contribution in [3.63, 3.8) is 0 Å². The summed E-state index contributed by atoms with van der Waals surface area (Å²) < 4.78 is 11.0. The largest absolute Gasteiger partial charge is 0.398 e. The van der Waals surface area contributed by atoms with Gasteiger partial charge >= 0.3 is 5.89 Å². The molecule has 0 aliphatic carbocycles. The standard InChI is InChI=1S/C34H28N3O/c1-35-19-18-28-20-32-33(22-31(28)35)38-34(37(32)24-26-12-6-3-7-13-26)21-29-17-16-27-14-8-9-15-30(27)36(29)23-25-10-4-2-5-11-25/h2-22H,23-24H2,1H3/q+1. The molecule has 1 aliphatic heterocycles. The van der Waals surface area contributed by atoms with Crippen LogP contribution in [0.2, 0.25) is 0 Å². The number of hydrogen-bond acceptors (Lipinski definition) is 2. The number of oxazole rings is 1. The molecule has 0 spiro atoms. The molecule has 0 radical (unpaired) electrons. The summed E-state index contributed by atoms with van der Waals surface area (Å²) in [6.07, 6.45) is 8.67. The van der Waals surface area contributed by atoms with Gasteiger partial charge in [0.25, 0.3) is 5.52 Å². The van der Waals surface area contributed by atoms with Crippen molar-refractivity contribution in [2.24, 2.45) is 7.05 Å². The molecule has 0 amide bonds. The van der Waals surface area contributed by atoms with Crippen LogP contribution in [0.15, 0.2) is 126 Å². The van der Waals surface area contributed by atoms with E-state index >= 15 is 0 Å². The Kier molecular flexibility index (Phi) is 5.44. The second-order valence-electron chi connectivity index (χ2n) is 9.85. The van der Waals surface area contributed by atoms with Gasteiger partial charge in [-0.1, -0.05) is 84.9 Å². The zero-order chi connectivity index (χ0) is 25.5. The highest BCUT2D eigenvalue weighted by Gasteiger charge is 2.26. The summed E-state index contributed by atoms with van der Waals surface area (Å²) >= 11 is 0. The number of allylic oxidation sites excluding steroid dienone is 1. The molecule has 4 heteroatoms. The normalized spacial score (nSPS) is 14.0. The Balaban J connectivity index is 1.40. The van der Waals surface area contributed by atoms with Gasteiger partial charge in [0.2, 0.25) is 5.58 Å². The lowest BCUT2D eigenvalue weighted by atomic mass is 10.0. The minimum absolute atomic E-state index is 0.726. The molecule has 2 aromatic heterocycles. The van der Waals surface area contributed by atoms with Crippen LogP contribution in [0, 0.1) is 0 Å². The highest BCUT2D eigenvalue weighted by molar-refractivity contribution is 5.92. The van der Waals surface area contributed by atoms with Gasteiger partial charge in [-0.15, -0.1) is 0 Å². The fourth-order valence-corrected chi connectivity index (χ4v) is 5.37. The van der Waals surface area contributed by atoms with Crippen molar-refractivity contribution in [1.82, 2.24) is 4.57 Å². The van der Waals surface area contributed by atoms with Crippen LogP contribution in [0.1, 0.15) is 22.6 Å². The number of para-hydroxylation sites is 1. The predicted molar refractivity (Wildman–Crippen MR) is 155 cm³/mol. The molecule has 0 unspecified atom stereocenters. The van der Waals surface area contributed by atoms with Crippen molar-refractivity contribution < 1.29 is 8.98 Å². The molecule has 0 N–H and O–H groups in total. The Hall–Kier alpha value is -4.83. The van der Waals surface area contributed by atoms with Gasteiger partial charge in [0.15, 0.2) is 6.54 Å². The second kappa shape index (κ2) is 9.24. The number of aryl methyl sites for hydroxylation is 1. The Bertz CT molecular complexity index is 1820. The lowest BCUT2D eigenvalue weighted by Gasteiger charge is -2.30. The zero-order valence-corrected chi connectivity index (χ0v) is 21.3. The van der Waals surface area contributed by atoms with E-state index < -0.39 is 0 Å². The molecule has 0 bridgehead atoms. The van der Waals surface area contributed by atoms with Crippen LogP contribution < -0.4 is 9.47 Å². The van der Waals surface area contributed by atoms with Gasteiger partial charge in [-0.05, 0) is 29.3 Å². The zero-order valence-electron chi connectivity index (χ0n) is 21.3. The van der Waals surface area contributed by atoms with Crippen LogP contribution in [0.25, 0.3) is 34.2 Å². The van der Waals surface area contributed by atoms with Crippen molar-refractivity contribution >= 4 is 39.8 Å². The quantitative estimate of drug-likeness (QED) is 0.234. The third-order valence-corrected chi connectivity index (χ3v) is 7.35. The summed E-state index contributed by atoms with van der Waals surface area (Å²) in [4.78, 5) is 2.38. The summed E-state index contributed by atoms with van der Waals surface area (Å²) in [6.45, 7) is 1.50. The number of fused-ring (bicyclic) bond motifs is 3. The van der Waals surface area contributed by atoms with E-state index in [9.17, 15) is 0 Å². The van der Waals surface area contributed by atoms with Gasteiger partial charge in [0.05, 0.1) is 17.3 Å². The van der Waals surface area contributed by atoms with Crippen molar-refractivity contribution in [3.05, 3.63) is 144 Å². The fraction of sp³-hybridized carbons (Fsp3) is 0.0882. The molecule has 7 rings (SSSR count). The summed E-state index contributed by atoms with van der Waals surface area (Å²) in [5.74, 6) is 0.830. The first-order chi connectivity index (χ1) is 18.7. The predicted octanol–water partition coefficient (Wildman–Crippen LogP) is 7.33. The molecule has 6 aromatic rings. The maximum atomic E-state index is 6.61. The number of nitrogens with zero attached hydrogens (tertiary/aromatic N) is 3. The van der Waals surface area contributed by atoms with Gasteiger partial charge in [-0.3, -0.25) is 0 Å².